The summed E-state index contributed by atoms with van der Waals surface area (Å²) < 4.78 is 0.474. The van der Waals surface area contributed by atoms with E-state index < -0.39 is 5.97 Å². The summed E-state index contributed by atoms with van der Waals surface area (Å²) >= 11 is 8.78. The molecule has 22 heavy (non-hydrogen) atoms. The van der Waals surface area contributed by atoms with Gasteiger partial charge in [0.1, 0.15) is 0 Å². The molecule has 0 spiro atoms. The van der Waals surface area contributed by atoms with Crippen LogP contribution < -0.4 is 5.32 Å². The molecule has 0 unspecified atom stereocenters. The quantitative estimate of drug-likeness (QED) is 0.691. The first-order valence-corrected chi connectivity index (χ1v) is 8.51. The van der Waals surface area contributed by atoms with Gasteiger partial charge in [0.15, 0.2) is 4.47 Å². The monoisotopic (exact) mass is 350 g/mol. The van der Waals surface area contributed by atoms with Gasteiger partial charge in [-0.15, -0.1) is 11.3 Å². The maximum atomic E-state index is 11.4. The van der Waals surface area contributed by atoms with Crippen LogP contribution in [0.3, 0.4) is 0 Å². The Morgan fingerprint density at radius 1 is 1.32 bits per heavy atom. The minimum absolute atomic E-state index is 0.245. The van der Waals surface area contributed by atoms with Crippen molar-refractivity contribution in [3.63, 3.8) is 0 Å². The van der Waals surface area contributed by atoms with Crippen LogP contribution in [0.25, 0.3) is 11.1 Å². The Labute approximate surface area is 140 Å². The molecule has 0 saturated heterocycles. The van der Waals surface area contributed by atoms with Crippen molar-refractivity contribution in [1.82, 2.24) is 4.98 Å². The van der Waals surface area contributed by atoms with Crippen LogP contribution in [0.15, 0.2) is 41.2 Å². The number of nitrogens with one attached hydrogen (secondary N) is 1. The lowest BCUT2D eigenvalue weighted by molar-refractivity contribution is 0.0698. The average molecular weight is 351 g/mol. The van der Waals surface area contributed by atoms with Crippen LogP contribution in [-0.4, -0.2) is 16.1 Å². The molecule has 3 aromatic rings. The molecule has 0 fully saturated rings. The third-order valence-electron chi connectivity index (χ3n) is 3.08. The number of aromatic carboxylic acids is 1. The van der Waals surface area contributed by atoms with Gasteiger partial charge in [-0.2, -0.15) is 11.3 Å². The lowest BCUT2D eigenvalue weighted by Gasteiger charge is -2.10. The van der Waals surface area contributed by atoms with Gasteiger partial charge in [0.05, 0.1) is 12.1 Å². The first kappa shape index (κ1) is 15.0. The predicted molar refractivity (Wildman–Crippen MR) is 91.2 cm³/mol. The second-order valence-corrected chi connectivity index (χ2v) is 6.99. The fourth-order valence-electron chi connectivity index (χ4n) is 2.03. The molecule has 4 nitrogen and oxygen atoms in total. The van der Waals surface area contributed by atoms with Crippen LogP contribution in [-0.2, 0) is 6.54 Å². The van der Waals surface area contributed by atoms with Gasteiger partial charge in [-0.25, -0.2) is 9.78 Å². The number of carboxylic acids is 1. The largest absolute Gasteiger partial charge is 0.478 e. The zero-order chi connectivity index (χ0) is 15.5. The molecule has 0 radical (unpaired) electrons. The number of hydrogen-bond acceptors (Lipinski definition) is 5. The SMILES string of the molecule is O=C(O)c1ccc(-c2ccsc2)cc1NCc1cnc(Cl)s1. The maximum Gasteiger partial charge on any atom is 0.337 e. The Balaban J connectivity index is 1.89. The Hall–Kier alpha value is -1.89. The first-order valence-electron chi connectivity index (χ1n) is 6.37. The van der Waals surface area contributed by atoms with Crippen molar-refractivity contribution in [2.75, 3.05) is 5.32 Å². The number of anilines is 1. The Morgan fingerprint density at radius 2 is 2.18 bits per heavy atom. The molecular weight excluding hydrogens is 340 g/mol. The van der Waals surface area contributed by atoms with Crippen molar-refractivity contribution in [3.05, 3.63) is 56.1 Å². The molecule has 0 saturated carbocycles. The summed E-state index contributed by atoms with van der Waals surface area (Å²) in [5.74, 6) is -0.957. The molecular formula is C15H11ClN2O2S2. The van der Waals surface area contributed by atoms with E-state index >= 15 is 0 Å². The second-order valence-electron chi connectivity index (χ2n) is 4.51. The van der Waals surface area contributed by atoms with Gasteiger partial charge in [-0.3, -0.25) is 0 Å². The zero-order valence-electron chi connectivity index (χ0n) is 11.2. The summed E-state index contributed by atoms with van der Waals surface area (Å²) in [4.78, 5) is 16.3. The number of carbonyl (C=O) groups is 1. The summed E-state index contributed by atoms with van der Waals surface area (Å²) in [5.41, 5.74) is 2.89. The van der Waals surface area contributed by atoms with Gasteiger partial charge in [-0.05, 0) is 40.1 Å². The minimum Gasteiger partial charge on any atom is -0.478 e. The van der Waals surface area contributed by atoms with Gasteiger partial charge in [0.2, 0.25) is 0 Å². The van der Waals surface area contributed by atoms with Gasteiger partial charge in [0.25, 0.3) is 0 Å². The molecule has 2 N–H and O–H groups in total. The molecule has 0 aliphatic rings. The lowest BCUT2D eigenvalue weighted by Crippen LogP contribution is -2.06. The van der Waals surface area contributed by atoms with Gasteiger partial charge in [0, 0.05) is 16.8 Å². The second kappa shape index (κ2) is 6.48. The van der Waals surface area contributed by atoms with Crippen molar-refractivity contribution >= 4 is 45.9 Å². The molecule has 2 heterocycles. The van der Waals surface area contributed by atoms with Gasteiger partial charge >= 0.3 is 5.97 Å². The van der Waals surface area contributed by atoms with E-state index in [4.69, 9.17) is 11.6 Å². The average Bonchev–Trinajstić information content (AvgIpc) is 3.16. The fourth-order valence-corrected chi connectivity index (χ4v) is 3.62. The number of thiophene rings is 1. The lowest BCUT2D eigenvalue weighted by atomic mass is 10.0. The van der Waals surface area contributed by atoms with Crippen molar-refractivity contribution in [2.45, 2.75) is 6.54 Å². The molecule has 0 bridgehead atoms. The molecule has 112 valence electrons. The molecule has 3 rings (SSSR count). The van der Waals surface area contributed by atoms with Crippen LogP contribution in [0, 0.1) is 0 Å². The van der Waals surface area contributed by atoms with Gasteiger partial charge in [-0.1, -0.05) is 17.7 Å². The van der Waals surface area contributed by atoms with Crippen molar-refractivity contribution < 1.29 is 9.90 Å². The summed E-state index contributed by atoms with van der Waals surface area (Å²) in [7, 11) is 0. The van der Waals surface area contributed by atoms with Crippen LogP contribution in [0.4, 0.5) is 5.69 Å². The van der Waals surface area contributed by atoms with E-state index in [-0.39, 0.29) is 5.56 Å². The third-order valence-corrected chi connectivity index (χ3v) is 4.88. The van der Waals surface area contributed by atoms with Crippen molar-refractivity contribution in [3.8, 4) is 11.1 Å². The number of hydrogen-bond donors (Lipinski definition) is 2. The number of thiazole rings is 1. The molecule has 1 aromatic carbocycles. The highest BCUT2D eigenvalue weighted by Crippen LogP contribution is 2.28. The van der Waals surface area contributed by atoms with E-state index in [1.165, 1.54) is 11.3 Å². The van der Waals surface area contributed by atoms with Gasteiger partial charge < -0.3 is 10.4 Å². The highest BCUT2D eigenvalue weighted by atomic mass is 35.5. The normalized spacial score (nSPS) is 10.6. The standard InChI is InChI=1S/C15H11ClN2O2S2/c16-15-18-7-11(22-15)6-17-13-5-9(10-3-4-21-8-10)1-2-12(13)14(19)20/h1-5,7-8,17H,6H2,(H,19,20). The van der Waals surface area contributed by atoms with Crippen molar-refractivity contribution in [2.24, 2.45) is 0 Å². The van der Waals surface area contributed by atoms with E-state index in [0.717, 1.165) is 16.0 Å². The number of aromatic nitrogens is 1. The van der Waals surface area contributed by atoms with E-state index in [0.29, 0.717) is 16.7 Å². The number of nitrogens with zero attached hydrogens (tertiary/aromatic N) is 1. The summed E-state index contributed by atoms with van der Waals surface area (Å²) in [6.07, 6.45) is 1.68. The van der Waals surface area contributed by atoms with E-state index in [1.54, 1.807) is 23.6 Å². The topological polar surface area (TPSA) is 62.2 Å². The molecule has 0 aliphatic carbocycles. The van der Waals surface area contributed by atoms with Crippen molar-refractivity contribution in [1.29, 1.82) is 0 Å². The summed E-state index contributed by atoms with van der Waals surface area (Å²) in [6, 6.07) is 7.30. The summed E-state index contributed by atoms with van der Waals surface area (Å²) in [6.45, 7) is 0.484. The highest BCUT2D eigenvalue weighted by molar-refractivity contribution is 7.15. The molecule has 0 amide bonds. The van der Waals surface area contributed by atoms with Crippen LogP contribution >= 0.6 is 34.3 Å². The molecule has 0 atom stereocenters. The number of carboxylic acid groups (broad SMARTS) is 1. The summed E-state index contributed by atoms with van der Waals surface area (Å²) in [5, 5.41) is 16.5. The van der Waals surface area contributed by atoms with Crippen LogP contribution in [0.2, 0.25) is 4.47 Å². The smallest absolute Gasteiger partial charge is 0.337 e. The Kier molecular flexibility index (Phi) is 4.42. The number of benzene rings is 1. The third kappa shape index (κ3) is 3.30. The Bertz CT molecular complexity index is 800. The first-order chi connectivity index (χ1) is 10.6. The maximum absolute atomic E-state index is 11.4. The minimum atomic E-state index is -0.957. The molecule has 2 aromatic heterocycles. The zero-order valence-corrected chi connectivity index (χ0v) is 13.6. The molecule has 7 heteroatoms. The highest BCUT2D eigenvalue weighted by Gasteiger charge is 2.12. The Morgan fingerprint density at radius 3 is 2.82 bits per heavy atom. The van der Waals surface area contributed by atoms with Crippen LogP contribution in [0.1, 0.15) is 15.2 Å². The van der Waals surface area contributed by atoms with E-state index in [2.05, 4.69) is 10.3 Å². The predicted octanol–water partition coefficient (Wildman–Crippen LogP) is 4.84. The number of rotatable bonds is 5. The fraction of sp³-hybridized carbons (Fsp3) is 0.0667. The van der Waals surface area contributed by atoms with E-state index in [1.807, 2.05) is 29.0 Å². The molecule has 0 aliphatic heterocycles. The number of halogens is 1. The van der Waals surface area contributed by atoms with E-state index in [9.17, 15) is 9.90 Å². The van der Waals surface area contributed by atoms with Crippen LogP contribution in [0.5, 0.6) is 0 Å².